The van der Waals surface area contributed by atoms with Crippen LogP contribution in [0.2, 0.25) is 0 Å². The van der Waals surface area contributed by atoms with Crippen molar-refractivity contribution < 1.29 is 28.2 Å². The highest BCUT2D eigenvalue weighted by Crippen LogP contribution is 2.42. The fourth-order valence-electron chi connectivity index (χ4n) is 5.74. The van der Waals surface area contributed by atoms with E-state index in [1.165, 1.54) is 0 Å². The number of hydrogen-bond acceptors (Lipinski definition) is 7. The van der Waals surface area contributed by atoms with Crippen molar-refractivity contribution in [1.82, 2.24) is 24.5 Å². The first kappa shape index (κ1) is 26.5. The summed E-state index contributed by atoms with van der Waals surface area (Å²) >= 11 is 0. The zero-order valence-corrected chi connectivity index (χ0v) is 22.6. The lowest BCUT2D eigenvalue weighted by Crippen LogP contribution is -2.34. The first-order valence-electron chi connectivity index (χ1n) is 13.4. The summed E-state index contributed by atoms with van der Waals surface area (Å²) in [5, 5.41) is 17.2. The number of carbonyl (C=O) groups excluding carboxylic acids is 1. The van der Waals surface area contributed by atoms with Crippen LogP contribution in [0.15, 0.2) is 24.4 Å². The van der Waals surface area contributed by atoms with Crippen molar-refractivity contribution in [2.24, 2.45) is 13.0 Å². The number of aromatic nitrogens is 4. The zero-order chi connectivity index (χ0) is 28.1. The van der Waals surface area contributed by atoms with Crippen LogP contribution in [0.3, 0.4) is 0 Å². The summed E-state index contributed by atoms with van der Waals surface area (Å²) in [6.07, 6.45) is 2.44. The number of halogens is 2. The van der Waals surface area contributed by atoms with Gasteiger partial charge >= 0.3 is 0 Å². The van der Waals surface area contributed by atoms with E-state index in [0.29, 0.717) is 47.3 Å². The third kappa shape index (κ3) is 4.38. The Morgan fingerprint density at radius 2 is 2.08 bits per heavy atom. The van der Waals surface area contributed by atoms with Crippen molar-refractivity contribution in [3.8, 4) is 16.9 Å². The van der Waals surface area contributed by atoms with E-state index in [-0.39, 0.29) is 43.7 Å². The number of ketones is 1. The molecule has 0 spiro atoms. The van der Waals surface area contributed by atoms with Crippen molar-refractivity contribution in [1.29, 1.82) is 0 Å². The van der Waals surface area contributed by atoms with E-state index < -0.39 is 17.7 Å². The van der Waals surface area contributed by atoms with Crippen LogP contribution in [0, 0.1) is 24.5 Å². The van der Waals surface area contributed by atoms with Crippen LogP contribution >= 0.6 is 0 Å². The summed E-state index contributed by atoms with van der Waals surface area (Å²) in [5.74, 6) is -2.65. The highest BCUT2D eigenvalue weighted by Gasteiger charge is 2.36. The van der Waals surface area contributed by atoms with Crippen molar-refractivity contribution in [3.05, 3.63) is 69.9 Å². The van der Waals surface area contributed by atoms with E-state index in [0.717, 1.165) is 28.8 Å². The van der Waals surface area contributed by atoms with E-state index in [2.05, 4.69) is 15.4 Å². The molecule has 1 saturated carbocycles. The molecule has 0 atom stereocenters. The number of benzene rings is 1. The number of aliphatic hydroxyl groups is 1. The minimum atomic E-state index is -1.07. The van der Waals surface area contributed by atoms with Gasteiger partial charge in [-0.3, -0.25) is 13.9 Å². The number of ether oxygens (including phenoxy) is 2. The smallest absolute Gasteiger partial charge is 0.201 e. The summed E-state index contributed by atoms with van der Waals surface area (Å²) < 4.78 is 45.7. The number of aliphatic hydroxyl groups excluding tert-OH is 1. The van der Waals surface area contributed by atoms with Gasteiger partial charge < -0.3 is 19.9 Å². The molecule has 3 aromatic heterocycles. The highest BCUT2D eigenvalue weighted by molar-refractivity contribution is 5.98. The van der Waals surface area contributed by atoms with Gasteiger partial charge in [-0.1, -0.05) is 0 Å². The van der Waals surface area contributed by atoms with Gasteiger partial charge in [-0.15, -0.1) is 0 Å². The predicted molar refractivity (Wildman–Crippen MR) is 142 cm³/mol. The Kier molecular flexibility index (Phi) is 6.89. The number of pyridine rings is 1. The Bertz CT molecular complexity index is 1620. The molecule has 11 heteroatoms. The van der Waals surface area contributed by atoms with Gasteiger partial charge in [-0.05, 0) is 50.6 Å². The third-order valence-electron chi connectivity index (χ3n) is 8.00. The van der Waals surface area contributed by atoms with Gasteiger partial charge in [0.25, 0.3) is 0 Å². The van der Waals surface area contributed by atoms with Gasteiger partial charge in [-0.25, -0.2) is 9.37 Å². The quantitative estimate of drug-likeness (QED) is 0.322. The molecule has 40 heavy (non-hydrogen) atoms. The maximum atomic E-state index is 15.4. The molecule has 0 radical (unpaired) electrons. The second kappa shape index (κ2) is 10.4. The van der Waals surface area contributed by atoms with E-state index in [1.54, 1.807) is 17.9 Å². The molecular weight excluding hydrogens is 520 g/mol. The predicted octanol–water partition coefficient (Wildman–Crippen LogP) is 3.65. The van der Waals surface area contributed by atoms with Crippen LogP contribution in [0.25, 0.3) is 16.8 Å². The van der Waals surface area contributed by atoms with E-state index in [9.17, 15) is 14.3 Å². The van der Waals surface area contributed by atoms with Crippen LogP contribution in [-0.2, 0) is 38.0 Å². The van der Waals surface area contributed by atoms with E-state index in [4.69, 9.17) is 9.47 Å². The Balaban J connectivity index is 1.36. The van der Waals surface area contributed by atoms with Crippen molar-refractivity contribution >= 4 is 11.4 Å². The average Bonchev–Trinajstić information content (AvgIpc) is 3.39. The maximum Gasteiger partial charge on any atom is 0.201 e. The lowest BCUT2D eigenvalue weighted by atomic mass is 9.78. The van der Waals surface area contributed by atoms with E-state index in [1.807, 2.05) is 30.5 Å². The summed E-state index contributed by atoms with van der Waals surface area (Å²) in [7, 11) is 3.60. The van der Waals surface area contributed by atoms with E-state index >= 15 is 4.39 Å². The topological polar surface area (TPSA) is 103 Å². The van der Waals surface area contributed by atoms with Gasteiger partial charge in [-0.2, -0.15) is 9.49 Å². The SMILES string of the molecule is CNCc1cnc2ccc3c(n12)COCc1cc(F)c(F)c(OCCc2c(C(=O)C4CC(O)C4)nn(C)c2C)c1-3. The van der Waals surface area contributed by atoms with Crippen molar-refractivity contribution in [2.75, 3.05) is 13.7 Å². The van der Waals surface area contributed by atoms with Crippen LogP contribution in [0.4, 0.5) is 8.78 Å². The first-order valence-corrected chi connectivity index (χ1v) is 13.4. The lowest BCUT2D eigenvalue weighted by Gasteiger charge is -2.29. The first-order chi connectivity index (χ1) is 19.3. The van der Waals surface area contributed by atoms with Gasteiger partial charge in [0.05, 0.1) is 43.5 Å². The van der Waals surface area contributed by atoms with Crippen LogP contribution < -0.4 is 10.1 Å². The van der Waals surface area contributed by atoms with Crippen LogP contribution in [-0.4, -0.2) is 49.8 Å². The lowest BCUT2D eigenvalue weighted by molar-refractivity contribution is 0.0363. The molecule has 0 bridgehead atoms. The highest BCUT2D eigenvalue weighted by atomic mass is 19.2. The Morgan fingerprint density at radius 1 is 1.27 bits per heavy atom. The summed E-state index contributed by atoms with van der Waals surface area (Å²) in [6.45, 7) is 2.74. The Morgan fingerprint density at radius 3 is 2.83 bits per heavy atom. The molecule has 1 aliphatic carbocycles. The van der Waals surface area contributed by atoms with Gasteiger partial charge in [0.1, 0.15) is 11.3 Å². The summed E-state index contributed by atoms with van der Waals surface area (Å²) in [5.41, 5.74) is 5.87. The average molecular weight is 552 g/mol. The summed E-state index contributed by atoms with van der Waals surface area (Å²) in [6, 6.07) is 4.84. The molecule has 1 fully saturated rings. The zero-order valence-electron chi connectivity index (χ0n) is 22.6. The largest absolute Gasteiger partial charge is 0.489 e. The Labute approximate surface area is 229 Å². The monoisotopic (exact) mass is 551 g/mol. The molecule has 1 aromatic carbocycles. The molecule has 9 nitrogen and oxygen atoms in total. The standard InChI is InChI=1S/C29H31F2N5O4/c1-15-20(27(34-35(15)3)28(38)16-8-19(37)9-16)6-7-40-29-25-17(10-22(30)26(29)31)13-39-14-23-21(25)4-5-24-33-12-18(11-32-2)36(23)24/h4-5,10,12,16,19,32,37H,6-9,11,13-14H2,1-3H3. The maximum absolute atomic E-state index is 15.4. The molecule has 2 aliphatic rings. The molecule has 210 valence electrons. The minimum Gasteiger partial charge on any atom is -0.489 e. The van der Waals surface area contributed by atoms with Gasteiger partial charge in [0.2, 0.25) is 5.82 Å². The number of nitrogens with zero attached hydrogens (tertiary/aromatic N) is 4. The molecule has 2 N–H and O–H groups in total. The van der Waals surface area contributed by atoms with Gasteiger partial charge in [0.15, 0.2) is 17.3 Å². The molecule has 1 aliphatic heterocycles. The molecule has 0 saturated heterocycles. The number of hydrogen-bond donors (Lipinski definition) is 2. The fourth-order valence-corrected chi connectivity index (χ4v) is 5.74. The number of aryl methyl sites for hydroxylation is 1. The minimum absolute atomic E-state index is 0.00142. The van der Waals surface area contributed by atoms with Crippen molar-refractivity contribution in [3.63, 3.8) is 0 Å². The molecule has 4 aromatic rings. The van der Waals surface area contributed by atoms with Crippen LogP contribution in [0.5, 0.6) is 5.75 Å². The number of rotatable bonds is 8. The number of fused-ring (bicyclic) bond motifs is 5. The summed E-state index contributed by atoms with van der Waals surface area (Å²) in [4.78, 5) is 17.5. The third-order valence-corrected chi connectivity index (χ3v) is 8.00. The fraction of sp³-hybridized carbons (Fsp3) is 0.414. The number of Topliss-reactive ketones (excluding diaryl/α,β-unsaturated/α-hetero) is 1. The normalized spacial score (nSPS) is 18.2. The Hall–Kier alpha value is -3.67. The second-order valence-electron chi connectivity index (χ2n) is 10.5. The number of carbonyl (C=O) groups is 1. The second-order valence-corrected chi connectivity index (χ2v) is 10.5. The molecule has 0 amide bonds. The molecule has 0 unspecified atom stereocenters. The molecular formula is C29H31F2N5O4. The number of imidazole rings is 1. The molecule has 6 rings (SSSR count). The van der Waals surface area contributed by atoms with Gasteiger partial charge in [0, 0.05) is 48.3 Å². The van der Waals surface area contributed by atoms with Crippen LogP contribution in [0.1, 0.15) is 51.5 Å². The van der Waals surface area contributed by atoms with Crippen molar-refractivity contribution in [2.45, 2.75) is 52.0 Å². The molecule has 4 heterocycles. The number of nitrogens with one attached hydrogen (secondary N) is 1.